The van der Waals surface area contributed by atoms with E-state index in [1.54, 1.807) is 42.5 Å². The maximum atomic E-state index is 13.1. The van der Waals surface area contributed by atoms with Gasteiger partial charge in [-0.05, 0) is 36.8 Å². The third-order valence-electron chi connectivity index (χ3n) is 5.22. The number of anilines is 2. The number of hydrazone groups is 1. The van der Waals surface area contributed by atoms with Gasteiger partial charge in [0.25, 0.3) is 16.7 Å². The van der Waals surface area contributed by atoms with Crippen LogP contribution in [0.5, 0.6) is 5.75 Å². The average Bonchev–Trinajstić information content (AvgIpc) is 3.08. The van der Waals surface area contributed by atoms with E-state index in [1.165, 1.54) is 4.90 Å². The molecule has 1 aliphatic rings. The predicted molar refractivity (Wildman–Crippen MR) is 126 cm³/mol. The Balaban J connectivity index is 1.55. The van der Waals surface area contributed by atoms with E-state index >= 15 is 0 Å². The predicted octanol–water partition coefficient (Wildman–Crippen LogP) is 2.62. The summed E-state index contributed by atoms with van der Waals surface area (Å²) in [6, 6.07) is 17.0. The summed E-state index contributed by atoms with van der Waals surface area (Å²) in [5, 5.41) is 25.6. The Hall–Kier alpha value is -5.06. The lowest BCUT2D eigenvalue weighted by atomic mass is 10.1. The second kappa shape index (κ2) is 9.43. The molecule has 0 saturated carbocycles. The van der Waals surface area contributed by atoms with E-state index in [9.17, 15) is 24.4 Å². The van der Waals surface area contributed by atoms with Crippen molar-refractivity contribution in [1.82, 2.24) is 5.43 Å². The fraction of sp³-hybridized carbons (Fsp3) is 0.0833. The van der Waals surface area contributed by atoms with Crippen LogP contribution in [0, 0.1) is 11.8 Å². The van der Waals surface area contributed by atoms with Crippen LogP contribution in [0.2, 0.25) is 0 Å². The van der Waals surface area contributed by atoms with Crippen LogP contribution in [0.15, 0.2) is 71.8 Å². The van der Waals surface area contributed by atoms with Crippen LogP contribution >= 0.6 is 0 Å². The number of rotatable bonds is 6. The summed E-state index contributed by atoms with van der Waals surface area (Å²) in [6.07, 6.45) is 0. The lowest BCUT2D eigenvalue weighted by molar-refractivity contribution is -0.729. The summed E-state index contributed by atoms with van der Waals surface area (Å²) in [6.45, 7) is 1.61. The fourth-order valence-electron chi connectivity index (χ4n) is 3.59. The highest BCUT2D eigenvalue weighted by atomic mass is 16.6. The largest absolute Gasteiger partial charge is 0.507 e. The molecule has 11 nitrogen and oxygen atoms in total. The molecule has 0 saturated heterocycles. The highest BCUT2D eigenvalue weighted by molar-refractivity contribution is 6.54. The van der Waals surface area contributed by atoms with Crippen molar-refractivity contribution in [2.45, 2.75) is 6.92 Å². The van der Waals surface area contributed by atoms with Gasteiger partial charge < -0.3 is 10.4 Å². The summed E-state index contributed by atoms with van der Waals surface area (Å²) in [4.78, 5) is 50.1. The van der Waals surface area contributed by atoms with Gasteiger partial charge in [0.2, 0.25) is 5.91 Å². The smallest absolute Gasteiger partial charge is 0.317 e. The van der Waals surface area contributed by atoms with Gasteiger partial charge in [-0.25, -0.2) is 10.6 Å². The van der Waals surface area contributed by atoms with Gasteiger partial charge in [0, 0.05) is 23.4 Å². The van der Waals surface area contributed by atoms with Gasteiger partial charge in [0.05, 0.1) is 16.2 Å². The molecule has 0 aliphatic carbocycles. The minimum atomic E-state index is -0.917. The van der Waals surface area contributed by atoms with Crippen molar-refractivity contribution in [2.24, 2.45) is 5.10 Å². The molecule has 4 rings (SSSR count). The molecule has 0 unspecified atom stereocenters. The van der Waals surface area contributed by atoms with Crippen LogP contribution in [-0.2, 0) is 9.59 Å². The Morgan fingerprint density at radius 2 is 1.83 bits per heavy atom. The summed E-state index contributed by atoms with van der Waals surface area (Å²) in [5.41, 5.74) is 3.85. The monoisotopic (exact) mass is 474 g/mol. The molecule has 4 N–H and O–H groups in total. The Morgan fingerprint density at radius 1 is 1.06 bits per heavy atom. The van der Waals surface area contributed by atoms with Gasteiger partial charge >= 0.3 is 5.69 Å². The van der Waals surface area contributed by atoms with E-state index in [4.69, 9.17) is 5.21 Å². The molecule has 3 aromatic rings. The standard InChI is InChI=1S/C24H19N5O6/c1-14-5-4-6-15(11-14)25-21(31)13-28-19-8-3-2-7-17(19)22(24(28)33)26-27-23(32)18-12-16(29(34)35)9-10-20(18)30/h2-12H,13H2,1H3,(H3-,25,27,30,31,32,33,34,35)/p+1. The Morgan fingerprint density at radius 3 is 2.57 bits per heavy atom. The van der Waals surface area contributed by atoms with E-state index in [0.717, 1.165) is 23.8 Å². The number of carbonyl (C=O) groups is 3. The maximum absolute atomic E-state index is 13.1. The number of benzene rings is 3. The number of hydrogen-bond donors (Lipinski definition) is 4. The third kappa shape index (κ3) is 4.83. The number of phenolic OH excluding ortho intramolecular Hbond substituents is 1. The zero-order valence-electron chi connectivity index (χ0n) is 18.4. The van der Waals surface area contributed by atoms with Crippen molar-refractivity contribution in [1.29, 1.82) is 0 Å². The number of aryl methyl sites for hydroxylation is 1. The minimum Gasteiger partial charge on any atom is -0.507 e. The Bertz CT molecular complexity index is 1400. The van der Waals surface area contributed by atoms with Gasteiger partial charge in [-0.1, -0.05) is 30.3 Å². The molecular formula is C24H20N5O6+. The summed E-state index contributed by atoms with van der Waals surface area (Å²) >= 11 is 0. The van der Waals surface area contributed by atoms with E-state index in [0.29, 0.717) is 16.9 Å². The van der Waals surface area contributed by atoms with E-state index in [-0.39, 0.29) is 23.5 Å². The van der Waals surface area contributed by atoms with Gasteiger partial charge in [0.1, 0.15) is 12.3 Å². The van der Waals surface area contributed by atoms with E-state index < -0.39 is 28.4 Å². The van der Waals surface area contributed by atoms with Gasteiger partial charge in [-0.15, -0.1) is 0 Å². The molecule has 3 amide bonds. The van der Waals surface area contributed by atoms with E-state index in [2.05, 4.69) is 15.8 Å². The average molecular weight is 474 g/mol. The third-order valence-corrected chi connectivity index (χ3v) is 5.22. The topological polar surface area (TPSA) is 151 Å². The molecule has 1 aliphatic heterocycles. The molecule has 0 spiro atoms. The number of amides is 3. The lowest BCUT2D eigenvalue weighted by Gasteiger charge is -2.16. The zero-order valence-corrected chi connectivity index (χ0v) is 18.4. The number of fused-ring (bicyclic) bond motifs is 1. The van der Waals surface area contributed by atoms with Crippen LogP contribution in [0.3, 0.4) is 0 Å². The first kappa shape index (κ1) is 23.1. The number of hydrogen-bond acceptors (Lipinski definition) is 6. The number of nitrogens with zero attached hydrogens (tertiary/aromatic N) is 3. The van der Waals surface area contributed by atoms with Crippen molar-refractivity contribution < 1.29 is 29.6 Å². The highest BCUT2D eigenvalue weighted by Crippen LogP contribution is 2.29. The molecule has 1 heterocycles. The van der Waals surface area contributed by atoms with Crippen LogP contribution in [-0.4, -0.2) is 45.2 Å². The quantitative estimate of drug-likeness (QED) is 0.403. The van der Waals surface area contributed by atoms with Gasteiger partial charge in [-0.2, -0.15) is 5.10 Å². The van der Waals surface area contributed by atoms with Gasteiger partial charge in [-0.3, -0.25) is 19.3 Å². The van der Waals surface area contributed by atoms with Crippen LogP contribution < -0.4 is 15.6 Å². The number of aromatic hydroxyl groups is 1. The molecule has 176 valence electrons. The zero-order chi connectivity index (χ0) is 25.1. The summed E-state index contributed by atoms with van der Waals surface area (Å²) < 4.78 is 0. The normalized spacial score (nSPS) is 13.5. The van der Waals surface area contributed by atoms with Gasteiger partial charge in [0.15, 0.2) is 5.71 Å². The second-order valence-electron chi connectivity index (χ2n) is 7.70. The maximum Gasteiger partial charge on any atom is 0.317 e. The molecular weight excluding hydrogens is 454 g/mol. The first-order valence-electron chi connectivity index (χ1n) is 10.4. The number of carbonyl (C=O) groups excluding carboxylic acids is 3. The summed E-state index contributed by atoms with van der Waals surface area (Å²) in [5.74, 6) is -2.40. The molecule has 0 aromatic heterocycles. The highest BCUT2D eigenvalue weighted by Gasteiger charge is 2.35. The fourth-order valence-corrected chi connectivity index (χ4v) is 3.59. The number of para-hydroxylation sites is 1. The lowest BCUT2D eigenvalue weighted by Crippen LogP contribution is -2.38. The first-order valence-corrected chi connectivity index (χ1v) is 10.4. The number of phenols is 1. The SMILES string of the molecule is Cc1cccc(NC(=O)CN2C(=O)/C(=N/NC(=O)c3cc([N+](=O)O)ccc3O)c3ccccc32)c1. The molecule has 0 fully saturated rings. The molecule has 35 heavy (non-hydrogen) atoms. The van der Waals surface area contributed by atoms with Crippen LogP contribution in [0.25, 0.3) is 0 Å². The second-order valence-corrected chi connectivity index (χ2v) is 7.70. The first-order chi connectivity index (χ1) is 16.7. The number of nitrogens with one attached hydrogen (secondary N) is 2. The molecule has 0 atom stereocenters. The minimum absolute atomic E-state index is 0.111. The molecule has 0 bridgehead atoms. The van der Waals surface area contributed by atoms with Crippen molar-refractivity contribution in [2.75, 3.05) is 16.8 Å². The molecule has 11 heteroatoms. The Labute approximate surface area is 198 Å². The van der Waals surface area contributed by atoms with Crippen LogP contribution in [0.4, 0.5) is 17.1 Å². The molecule has 0 radical (unpaired) electrons. The Kier molecular flexibility index (Phi) is 6.23. The van der Waals surface area contributed by atoms with E-state index in [1.807, 2.05) is 13.0 Å². The summed E-state index contributed by atoms with van der Waals surface area (Å²) in [7, 11) is 0. The van der Waals surface area contributed by atoms with Crippen molar-refractivity contribution in [3.63, 3.8) is 0 Å². The van der Waals surface area contributed by atoms with Crippen molar-refractivity contribution in [3.8, 4) is 5.75 Å². The van der Waals surface area contributed by atoms with Crippen molar-refractivity contribution in [3.05, 3.63) is 88.3 Å². The molecule has 3 aromatic carbocycles. The van der Waals surface area contributed by atoms with Crippen molar-refractivity contribution >= 4 is 40.5 Å². The van der Waals surface area contributed by atoms with Crippen LogP contribution in [0.1, 0.15) is 21.5 Å².